The Morgan fingerprint density at radius 2 is 2.24 bits per heavy atom. The van der Waals surface area contributed by atoms with Gasteiger partial charge in [0, 0.05) is 18.2 Å². The van der Waals surface area contributed by atoms with Gasteiger partial charge in [-0.25, -0.2) is 0 Å². The van der Waals surface area contributed by atoms with Gasteiger partial charge in [0.25, 0.3) is 0 Å². The van der Waals surface area contributed by atoms with Crippen LogP contribution >= 0.6 is 0 Å². The molecule has 0 aliphatic heterocycles. The molecule has 0 aromatic carbocycles. The zero-order valence-electron chi connectivity index (χ0n) is 13.3. The van der Waals surface area contributed by atoms with E-state index in [1.54, 1.807) is 6.20 Å². The van der Waals surface area contributed by atoms with Crippen LogP contribution in [0.1, 0.15) is 44.3 Å². The smallest absolute Gasteiger partial charge is 0.157 e. The molecule has 2 aromatic rings. The highest BCUT2D eigenvalue weighted by atomic mass is 16.5. The average Bonchev–Trinajstić information content (AvgIpc) is 3.01. The van der Waals surface area contributed by atoms with Crippen molar-refractivity contribution < 1.29 is 9.15 Å². The minimum absolute atomic E-state index is 0.444. The molecule has 5 nitrogen and oxygen atoms in total. The van der Waals surface area contributed by atoms with Crippen molar-refractivity contribution in [1.82, 2.24) is 15.1 Å². The van der Waals surface area contributed by atoms with Gasteiger partial charge in [-0.15, -0.1) is 0 Å². The average molecular weight is 291 g/mol. The number of ether oxygens (including phenoxy) is 1. The predicted octanol–water partition coefficient (Wildman–Crippen LogP) is 3.27. The fourth-order valence-electron chi connectivity index (χ4n) is 2.05. The molecule has 0 saturated heterocycles. The summed E-state index contributed by atoms with van der Waals surface area (Å²) < 4.78 is 13.4. The van der Waals surface area contributed by atoms with E-state index in [2.05, 4.69) is 37.3 Å². The van der Waals surface area contributed by atoms with E-state index >= 15 is 0 Å². The summed E-state index contributed by atoms with van der Waals surface area (Å²) in [5.41, 5.74) is 1.08. The maximum absolute atomic E-state index is 5.78. The number of aromatic nitrogens is 2. The lowest BCUT2D eigenvalue weighted by atomic mass is 10.2. The molecule has 2 rings (SSSR count). The second kappa shape index (κ2) is 7.31. The van der Waals surface area contributed by atoms with E-state index in [4.69, 9.17) is 9.15 Å². The molecule has 0 aliphatic rings. The molecule has 116 valence electrons. The van der Waals surface area contributed by atoms with E-state index in [1.165, 1.54) is 0 Å². The van der Waals surface area contributed by atoms with Gasteiger partial charge >= 0.3 is 0 Å². The van der Waals surface area contributed by atoms with E-state index in [-0.39, 0.29) is 0 Å². The lowest BCUT2D eigenvalue weighted by Crippen LogP contribution is -2.21. The van der Waals surface area contributed by atoms with Gasteiger partial charge in [0.1, 0.15) is 18.1 Å². The summed E-state index contributed by atoms with van der Waals surface area (Å²) in [5.74, 6) is 2.66. The van der Waals surface area contributed by atoms with Crippen molar-refractivity contribution in [3.8, 4) is 5.75 Å². The standard InChI is InChI=1S/C16H25N3O2/c1-5-6-19-10-16(9-18-19)20-11-14-7-15(21-13(14)4)8-17-12(2)3/h7,9-10,12,17H,5-6,8,11H2,1-4H3. The molecule has 1 N–H and O–H groups in total. The summed E-state index contributed by atoms with van der Waals surface area (Å²) in [6.45, 7) is 10.5. The molecule has 21 heavy (non-hydrogen) atoms. The van der Waals surface area contributed by atoms with Crippen LogP contribution in [0.15, 0.2) is 22.9 Å². The van der Waals surface area contributed by atoms with E-state index in [1.807, 2.05) is 17.8 Å². The van der Waals surface area contributed by atoms with Crippen LogP contribution in [0.5, 0.6) is 5.75 Å². The third-order valence-corrected chi connectivity index (χ3v) is 3.21. The summed E-state index contributed by atoms with van der Waals surface area (Å²) in [4.78, 5) is 0. The van der Waals surface area contributed by atoms with Crippen LogP contribution in [0, 0.1) is 6.92 Å². The molecule has 0 amide bonds. The molecule has 0 fully saturated rings. The molecular formula is C16H25N3O2. The fraction of sp³-hybridized carbons (Fsp3) is 0.562. The molecule has 0 saturated carbocycles. The Labute approximate surface area is 126 Å². The van der Waals surface area contributed by atoms with Crippen molar-refractivity contribution in [2.75, 3.05) is 0 Å². The number of furan rings is 1. The summed E-state index contributed by atoms with van der Waals surface area (Å²) >= 11 is 0. The van der Waals surface area contributed by atoms with Gasteiger partial charge in [-0.05, 0) is 19.4 Å². The zero-order valence-corrected chi connectivity index (χ0v) is 13.3. The number of aryl methyl sites for hydroxylation is 2. The number of rotatable bonds is 8. The highest BCUT2D eigenvalue weighted by Gasteiger charge is 2.09. The molecule has 0 bridgehead atoms. The summed E-state index contributed by atoms with van der Waals surface area (Å²) in [6, 6.07) is 2.50. The van der Waals surface area contributed by atoms with E-state index in [0.717, 1.165) is 42.3 Å². The van der Waals surface area contributed by atoms with Crippen LogP contribution < -0.4 is 10.1 Å². The van der Waals surface area contributed by atoms with E-state index in [9.17, 15) is 0 Å². The van der Waals surface area contributed by atoms with Crippen molar-refractivity contribution in [1.29, 1.82) is 0 Å². The second-order valence-electron chi connectivity index (χ2n) is 5.56. The first kappa shape index (κ1) is 15.6. The van der Waals surface area contributed by atoms with Crippen LogP contribution in [0.25, 0.3) is 0 Å². The Bertz CT molecular complexity index is 558. The Kier molecular flexibility index (Phi) is 5.44. The minimum atomic E-state index is 0.444. The third kappa shape index (κ3) is 4.63. The van der Waals surface area contributed by atoms with Crippen LogP contribution in [0.3, 0.4) is 0 Å². The molecule has 2 aromatic heterocycles. The van der Waals surface area contributed by atoms with Crippen molar-refractivity contribution in [3.63, 3.8) is 0 Å². The molecule has 0 radical (unpaired) electrons. The molecule has 0 spiro atoms. The van der Waals surface area contributed by atoms with Crippen LogP contribution in [0.4, 0.5) is 0 Å². The zero-order chi connectivity index (χ0) is 15.2. The summed E-state index contributed by atoms with van der Waals surface area (Å²) in [6.07, 6.45) is 4.75. The lowest BCUT2D eigenvalue weighted by molar-refractivity contribution is 0.302. The molecule has 5 heteroatoms. The predicted molar refractivity (Wildman–Crippen MR) is 82.3 cm³/mol. The lowest BCUT2D eigenvalue weighted by Gasteiger charge is -2.04. The SMILES string of the molecule is CCCn1cc(OCc2cc(CNC(C)C)oc2C)cn1. The van der Waals surface area contributed by atoms with Crippen molar-refractivity contribution in [3.05, 3.63) is 35.5 Å². The Morgan fingerprint density at radius 3 is 2.95 bits per heavy atom. The van der Waals surface area contributed by atoms with E-state index in [0.29, 0.717) is 12.6 Å². The second-order valence-corrected chi connectivity index (χ2v) is 5.56. The first-order valence-corrected chi connectivity index (χ1v) is 7.55. The van der Waals surface area contributed by atoms with Gasteiger partial charge in [-0.1, -0.05) is 20.8 Å². The van der Waals surface area contributed by atoms with Crippen molar-refractivity contribution >= 4 is 0 Å². The van der Waals surface area contributed by atoms with Gasteiger partial charge in [-0.3, -0.25) is 4.68 Å². The number of hydrogen-bond donors (Lipinski definition) is 1. The number of hydrogen-bond acceptors (Lipinski definition) is 4. The maximum atomic E-state index is 5.78. The van der Waals surface area contributed by atoms with E-state index < -0.39 is 0 Å². The summed E-state index contributed by atoms with van der Waals surface area (Å²) in [5, 5.41) is 7.60. The first-order valence-electron chi connectivity index (χ1n) is 7.55. The normalized spacial score (nSPS) is 11.3. The Balaban J connectivity index is 1.90. The molecule has 0 unspecified atom stereocenters. The quantitative estimate of drug-likeness (QED) is 0.811. The first-order chi connectivity index (χ1) is 10.1. The minimum Gasteiger partial charge on any atom is -0.485 e. The Morgan fingerprint density at radius 1 is 1.43 bits per heavy atom. The van der Waals surface area contributed by atoms with Gasteiger partial charge in [0.2, 0.25) is 0 Å². The highest BCUT2D eigenvalue weighted by Crippen LogP contribution is 2.18. The molecule has 0 aliphatic carbocycles. The fourth-order valence-corrected chi connectivity index (χ4v) is 2.05. The van der Waals surface area contributed by atoms with Gasteiger partial charge in [0.15, 0.2) is 5.75 Å². The Hall–Kier alpha value is -1.75. The summed E-state index contributed by atoms with van der Waals surface area (Å²) in [7, 11) is 0. The monoisotopic (exact) mass is 291 g/mol. The number of nitrogens with zero attached hydrogens (tertiary/aromatic N) is 2. The van der Waals surface area contributed by atoms with Crippen molar-refractivity contribution in [2.24, 2.45) is 0 Å². The van der Waals surface area contributed by atoms with Gasteiger partial charge < -0.3 is 14.5 Å². The molecular weight excluding hydrogens is 266 g/mol. The van der Waals surface area contributed by atoms with Crippen LogP contribution in [-0.4, -0.2) is 15.8 Å². The highest BCUT2D eigenvalue weighted by molar-refractivity contribution is 5.21. The van der Waals surface area contributed by atoms with Crippen molar-refractivity contribution in [2.45, 2.75) is 59.9 Å². The van der Waals surface area contributed by atoms with Crippen LogP contribution in [-0.2, 0) is 19.7 Å². The van der Waals surface area contributed by atoms with Crippen LogP contribution in [0.2, 0.25) is 0 Å². The molecule has 2 heterocycles. The number of nitrogens with one attached hydrogen (secondary N) is 1. The molecule has 0 atom stereocenters. The largest absolute Gasteiger partial charge is 0.485 e. The van der Waals surface area contributed by atoms with Gasteiger partial charge in [-0.2, -0.15) is 5.10 Å². The van der Waals surface area contributed by atoms with Gasteiger partial charge in [0.05, 0.1) is 18.9 Å². The third-order valence-electron chi connectivity index (χ3n) is 3.21. The topological polar surface area (TPSA) is 52.2 Å². The maximum Gasteiger partial charge on any atom is 0.157 e.